The van der Waals surface area contributed by atoms with Crippen molar-refractivity contribution in [2.24, 2.45) is 0 Å². The number of nitrogens with one attached hydrogen (secondary N) is 10. The van der Waals surface area contributed by atoms with Gasteiger partial charge in [0.25, 0.3) is 0 Å². The molecule has 0 unspecified atom stereocenters. The van der Waals surface area contributed by atoms with E-state index < -0.39 is 190 Å². The molecule has 11 amide bonds. The van der Waals surface area contributed by atoms with E-state index in [4.69, 9.17) is 52.1 Å². The van der Waals surface area contributed by atoms with Crippen LogP contribution in [0.25, 0.3) is 0 Å². The number of β-amino-alcohol motifs (C(OH)–C–C–N with tert-alkyl or cyclic N) is 1. The van der Waals surface area contributed by atoms with Gasteiger partial charge in [-0.25, -0.2) is 4.39 Å². The molecular formula is C86H152FN11O32. The van der Waals surface area contributed by atoms with Gasteiger partial charge in [0, 0.05) is 138 Å². The van der Waals surface area contributed by atoms with Crippen LogP contribution in [0.5, 0.6) is 0 Å². The summed E-state index contributed by atoms with van der Waals surface area (Å²) in [6.07, 6.45) is -12.0. The van der Waals surface area contributed by atoms with Crippen LogP contribution in [-0.4, -0.2) is 380 Å². The second-order valence-electron chi connectivity index (χ2n) is 34.6. The number of halogens is 1. The second kappa shape index (κ2) is 63.5. The van der Waals surface area contributed by atoms with Crippen LogP contribution in [0.15, 0.2) is 0 Å². The molecule has 750 valence electrons. The summed E-state index contributed by atoms with van der Waals surface area (Å²) in [4.78, 5) is 142. The highest BCUT2D eigenvalue weighted by Crippen LogP contribution is 2.31. The minimum Gasteiger partial charge on any atom is -0.394 e. The number of aliphatic hydroxyl groups excluding tert-OH is 10. The monoisotopic (exact) mass is 1870 g/mol. The molecule has 130 heavy (non-hydrogen) atoms. The fourth-order valence-electron chi connectivity index (χ4n) is 15.3. The van der Waals surface area contributed by atoms with Crippen LogP contribution >= 0.6 is 0 Å². The number of ether oxygens (including phenoxy) is 11. The Kier molecular flexibility index (Phi) is 55.6. The lowest BCUT2D eigenvalue weighted by molar-refractivity contribution is -0.270. The van der Waals surface area contributed by atoms with Gasteiger partial charge in [0.05, 0.1) is 70.6 Å². The van der Waals surface area contributed by atoms with E-state index in [0.717, 1.165) is 51.4 Å². The summed E-state index contributed by atoms with van der Waals surface area (Å²) in [6.45, 7) is 8.33. The molecule has 20 N–H and O–H groups in total. The van der Waals surface area contributed by atoms with Gasteiger partial charge >= 0.3 is 0 Å². The van der Waals surface area contributed by atoms with Gasteiger partial charge in [-0.1, -0.05) is 51.4 Å². The highest BCUT2D eigenvalue weighted by Gasteiger charge is 2.51. The van der Waals surface area contributed by atoms with E-state index in [1.807, 2.05) is 20.8 Å². The Morgan fingerprint density at radius 3 is 1.05 bits per heavy atom. The van der Waals surface area contributed by atoms with Crippen molar-refractivity contribution in [2.75, 3.05) is 118 Å². The number of carbonyl (C=O) groups is 11. The van der Waals surface area contributed by atoms with E-state index in [1.165, 1.54) is 20.8 Å². The number of hydrogen-bond donors (Lipinski definition) is 20. The zero-order valence-electron chi connectivity index (χ0n) is 76.5. The maximum Gasteiger partial charge on any atom is 0.222 e. The highest BCUT2D eigenvalue weighted by molar-refractivity contribution is 5.79. The number of alkyl halides is 1. The number of unbranched alkanes of at least 4 members (excludes halogenated alkanes) is 12. The maximum absolute atomic E-state index is 17.3. The number of hydrogen-bond acceptors (Lipinski definition) is 32. The quantitative estimate of drug-likeness (QED) is 0.0267. The summed E-state index contributed by atoms with van der Waals surface area (Å²) in [5.41, 5.74) is -0.355. The fourth-order valence-corrected chi connectivity index (χ4v) is 15.3. The first-order valence-corrected chi connectivity index (χ1v) is 46.3. The number of amides is 11. The summed E-state index contributed by atoms with van der Waals surface area (Å²) in [5, 5.41) is 128. The van der Waals surface area contributed by atoms with Gasteiger partial charge in [0.15, 0.2) is 31.3 Å². The van der Waals surface area contributed by atoms with Crippen molar-refractivity contribution in [3.8, 4) is 0 Å². The molecule has 5 fully saturated rings. The number of carbonyl (C=O) groups excluding carboxylic acids is 11. The predicted molar refractivity (Wildman–Crippen MR) is 460 cm³/mol. The van der Waals surface area contributed by atoms with Gasteiger partial charge in [-0.05, 0) is 97.8 Å². The topological polar surface area (TPSA) is 615 Å². The third kappa shape index (κ3) is 44.2. The van der Waals surface area contributed by atoms with Crippen molar-refractivity contribution in [3.05, 3.63) is 0 Å². The third-order valence-electron chi connectivity index (χ3n) is 22.4. The molecule has 0 aliphatic carbocycles. The van der Waals surface area contributed by atoms with Gasteiger partial charge < -0.3 is 161 Å². The van der Waals surface area contributed by atoms with Crippen molar-refractivity contribution in [1.82, 2.24) is 58.1 Å². The minimum absolute atomic E-state index is 0.0216. The van der Waals surface area contributed by atoms with Crippen LogP contribution in [0, 0.1) is 0 Å². The lowest BCUT2D eigenvalue weighted by atomic mass is 9.97. The lowest BCUT2D eigenvalue weighted by Gasteiger charge is -2.43. The highest BCUT2D eigenvalue weighted by atomic mass is 19.1. The number of likely N-dealkylation sites (tertiary alicyclic amines) is 1. The lowest BCUT2D eigenvalue weighted by Crippen LogP contribution is -2.64. The molecule has 5 saturated heterocycles. The Hall–Kier alpha value is -6.74. The summed E-state index contributed by atoms with van der Waals surface area (Å²) in [7, 11) is 0. The van der Waals surface area contributed by atoms with Crippen LogP contribution in [0.4, 0.5) is 4.39 Å². The molecule has 22 atom stereocenters. The van der Waals surface area contributed by atoms with Crippen LogP contribution in [0.3, 0.4) is 0 Å². The SMILES string of the molecule is CC(=O)N[C@H]1[C@H](OCCCCC(=O)NCCCNC(=O)CCOC[C@H]2O[C@@H](NC(=O)CCCCCCCCCCCCC(=O)N3C[C@H](O)C[C@H]3COC(C)(C)C)[C@H](F)[C@@H](OCCC(=O)NCCCNC(=O)CCCCO[C@@H]3O[C@H](CO)[C@H](O)[C@H](O)[C@H]3NC(C)=O)[C@@H]2OCCC(=O)NCCCNC(=O)CCCCO[C@@H]2O[C@H](CO)[C@H](O)[C@H](O)[C@H]2NC(C)=O)O[C@H](CO)[C@H](O)[C@@H]1O. The smallest absolute Gasteiger partial charge is 0.222 e. The Balaban J connectivity index is 1.14. The first kappa shape index (κ1) is 114. The van der Waals surface area contributed by atoms with E-state index in [9.17, 15) is 104 Å². The minimum atomic E-state index is -2.13. The summed E-state index contributed by atoms with van der Waals surface area (Å²) >= 11 is 0. The average molecular weight is 1870 g/mol. The molecule has 0 saturated carbocycles. The van der Waals surface area contributed by atoms with Gasteiger partial charge in [-0.15, -0.1) is 0 Å². The molecule has 0 spiro atoms. The predicted octanol–water partition coefficient (Wildman–Crippen LogP) is -3.16. The molecule has 43 nitrogen and oxygen atoms in total. The molecule has 0 aromatic carbocycles. The summed E-state index contributed by atoms with van der Waals surface area (Å²) < 4.78 is 81.9. The van der Waals surface area contributed by atoms with Crippen LogP contribution in [0.1, 0.15) is 221 Å². The first-order valence-electron chi connectivity index (χ1n) is 46.3. The van der Waals surface area contributed by atoms with E-state index in [0.29, 0.717) is 96.6 Å². The van der Waals surface area contributed by atoms with Gasteiger partial charge in [0.2, 0.25) is 65.0 Å². The summed E-state index contributed by atoms with van der Waals surface area (Å²) in [5.74, 6) is -4.25. The Labute approximate surface area is 760 Å². The Morgan fingerprint density at radius 1 is 0.362 bits per heavy atom. The van der Waals surface area contributed by atoms with Crippen molar-refractivity contribution >= 4 is 65.0 Å². The largest absolute Gasteiger partial charge is 0.394 e. The van der Waals surface area contributed by atoms with E-state index in [-0.39, 0.29) is 166 Å². The van der Waals surface area contributed by atoms with Crippen molar-refractivity contribution in [3.63, 3.8) is 0 Å². The number of rotatable bonds is 65. The zero-order valence-corrected chi connectivity index (χ0v) is 76.5. The standard InChI is InChI=1S/C86H152FN11O32/c1-53(102)94-71-77(117)74(114)58(48-99)128-83(71)123-40-20-17-26-62(106)88-34-23-37-91-65(109)31-43-120-52-61-80(121-44-32-66(110)92-38-24-35-89-63(107)27-18-21-41-124-84-72(95-54(2)103)78(118)75(115)59(49-100)129-84)81(122-45-33-67(111)93-39-25-36-90-64(108)28-19-22-42-125-85-73(96-55(3)104)79(119)76(116)60(50-101)130-85)70(87)82(127-61)97-68(112)29-15-13-11-9-7-8-10-12-14-16-30-69(113)98-47-57(105)46-56(98)51-126-86(4,5)6/h56-61,70-85,99-101,105,114-119H,7-52H2,1-6H3,(H,88,106)(H,89,107)(H,90,108)(H,91,109)(H,92,110)(H,93,111)(H,94,102)(H,95,103)(H,96,104)(H,97,112)/t56-,57+,58+,59+,60+,61+,70+,71+,72+,73+,74-,75-,76-,77+,78+,79+,80+,81+,82+,83+,84+,85+/m0/s1. The van der Waals surface area contributed by atoms with Crippen molar-refractivity contribution in [1.29, 1.82) is 0 Å². The first-order chi connectivity index (χ1) is 62.1. The van der Waals surface area contributed by atoms with Crippen LogP contribution in [-0.2, 0) is 105 Å². The molecule has 0 radical (unpaired) electrons. The van der Waals surface area contributed by atoms with Crippen molar-refractivity contribution < 1.29 is 160 Å². The Morgan fingerprint density at radius 2 is 0.692 bits per heavy atom. The van der Waals surface area contributed by atoms with Crippen LogP contribution < -0.4 is 53.2 Å². The zero-order chi connectivity index (χ0) is 95.5. The molecule has 5 aliphatic rings. The normalized spacial score (nSPS) is 27.4. The summed E-state index contributed by atoms with van der Waals surface area (Å²) in [6, 6.07) is -3.49. The third-order valence-corrected chi connectivity index (χ3v) is 22.4. The van der Waals surface area contributed by atoms with E-state index in [1.54, 1.807) is 4.90 Å². The van der Waals surface area contributed by atoms with Crippen molar-refractivity contribution in [2.45, 2.75) is 362 Å². The molecule has 5 rings (SSSR count). The van der Waals surface area contributed by atoms with E-state index in [2.05, 4.69) is 53.2 Å². The van der Waals surface area contributed by atoms with Gasteiger partial charge in [-0.2, -0.15) is 0 Å². The van der Waals surface area contributed by atoms with E-state index >= 15 is 4.39 Å². The molecule has 0 aromatic heterocycles. The molecule has 5 heterocycles. The average Bonchev–Trinajstić information content (AvgIpc) is 0.847. The molecule has 5 aliphatic heterocycles. The fraction of sp³-hybridized carbons (Fsp3) is 0.872. The van der Waals surface area contributed by atoms with Gasteiger partial charge in [-0.3, -0.25) is 52.7 Å². The molecule has 44 heteroatoms. The molecular weight excluding hydrogens is 1720 g/mol. The Bertz CT molecular complexity index is 3310. The van der Waals surface area contributed by atoms with Gasteiger partial charge in [0.1, 0.15) is 91.4 Å². The van der Waals surface area contributed by atoms with Crippen LogP contribution in [0.2, 0.25) is 0 Å². The second-order valence-corrected chi connectivity index (χ2v) is 34.6. The maximum atomic E-state index is 17.3. The number of aliphatic hydroxyl groups is 10. The molecule has 0 aromatic rings. The number of nitrogens with zero attached hydrogens (tertiary/aromatic N) is 1. The molecule has 0 bridgehead atoms.